The first-order valence-corrected chi connectivity index (χ1v) is 30.6. The minimum Gasteiger partial charge on any atom is -0.311 e. The van der Waals surface area contributed by atoms with Crippen molar-refractivity contribution >= 4 is 158 Å². The van der Waals surface area contributed by atoms with E-state index in [-0.39, 0.29) is 13.4 Å². The number of anilines is 12. The fourth-order valence-corrected chi connectivity index (χ4v) is 15.7. The SMILES string of the molecule is N#Cc1ccc2c(c1)c1ccccc1n2-c1cc2c3c(c1)N(c1ccccc1)c1ccccc1N3c1cc3c(cc1B2c1ccccc1)B1c2ccccc2N(c2ccccc2)c2cc(-n4c5ccccc5c5cccc(C#N)c54)cc(c21)N3c1ccccc1. The maximum atomic E-state index is 11.0. The number of nitriles is 2. The molecule has 414 valence electrons. The average Bonchev–Trinajstić information content (AvgIpc) is 0.817. The van der Waals surface area contributed by atoms with Gasteiger partial charge in [-0.05, 0) is 149 Å². The second-order valence-corrected chi connectivity index (χ2v) is 23.8. The van der Waals surface area contributed by atoms with Gasteiger partial charge in [0, 0.05) is 72.7 Å². The van der Waals surface area contributed by atoms with E-state index in [0.717, 1.165) is 123 Å². The van der Waals surface area contributed by atoms with Gasteiger partial charge in [0.2, 0.25) is 6.71 Å². The lowest BCUT2D eigenvalue weighted by Crippen LogP contribution is -2.64. The molecule has 0 unspecified atom stereocenters. The predicted octanol–water partition coefficient (Wildman–Crippen LogP) is 15.8. The lowest BCUT2D eigenvalue weighted by molar-refractivity contribution is 1.14. The fraction of sp³-hybridized carbons (Fsp3) is 0. The summed E-state index contributed by atoms with van der Waals surface area (Å²) in [7, 11) is 0. The molecule has 15 aromatic rings. The third-order valence-electron chi connectivity index (χ3n) is 19.2. The van der Waals surface area contributed by atoms with E-state index in [9.17, 15) is 10.5 Å². The quantitative estimate of drug-likeness (QED) is 0.155. The Hall–Kier alpha value is -12.2. The monoisotopic (exact) mass is 1140 g/mol. The normalized spacial score (nSPS) is 13.2. The summed E-state index contributed by atoms with van der Waals surface area (Å²) in [6, 6.07) is 111. The van der Waals surface area contributed by atoms with Crippen LogP contribution in [0.1, 0.15) is 11.1 Å². The molecule has 6 heterocycles. The van der Waals surface area contributed by atoms with Crippen LogP contribution in [-0.4, -0.2) is 22.6 Å². The Morgan fingerprint density at radius 1 is 0.278 bits per heavy atom. The Morgan fingerprint density at radius 2 is 0.778 bits per heavy atom. The summed E-state index contributed by atoms with van der Waals surface area (Å²) in [5, 5.41) is 25.5. The molecule has 2 aromatic heterocycles. The Kier molecular flexibility index (Phi) is 10.6. The summed E-state index contributed by atoms with van der Waals surface area (Å²) in [5.74, 6) is 0. The Balaban J connectivity index is 0.949. The van der Waals surface area contributed by atoms with Crippen LogP contribution in [0, 0.1) is 22.7 Å². The Morgan fingerprint density at radius 3 is 1.44 bits per heavy atom. The number of aromatic nitrogens is 2. The first-order chi connectivity index (χ1) is 44.6. The van der Waals surface area contributed by atoms with Crippen LogP contribution in [0.15, 0.2) is 291 Å². The molecule has 0 saturated carbocycles. The molecule has 90 heavy (non-hydrogen) atoms. The molecule has 0 radical (unpaired) electrons. The summed E-state index contributed by atoms with van der Waals surface area (Å²) in [5.41, 5.74) is 27.3. The van der Waals surface area contributed by atoms with Crippen LogP contribution in [0.4, 0.5) is 68.2 Å². The number of hydrogen-bond acceptors (Lipinski definition) is 6. The van der Waals surface area contributed by atoms with E-state index in [0.29, 0.717) is 11.1 Å². The molecule has 0 spiro atoms. The third kappa shape index (κ3) is 6.96. The van der Waals surface area contributed by atoms with E-state index < -0.39 is 0 Å². The van der Waals surface area contributed by atoms with Gasteiger partial charge in [0.15, 0.2) is 0 Å². The highest BCUT2D eigenvalue weighted by Crippen LogP contribution is 2.57. The molecule has 8 nitrogen and oxygen atoms in total. The van der Waals surface area contributed by atoms with Crippen molar-refractivity contribution in [1.29, 1.82) is 10.5 Å². The average molecular weight is 1140 g/mol. The molecule has 0 saturated heterocycles. The van der Waals surface area contributed by atoms with Gasteiger partial charge in [0.25, 0.3) is 6.71 Å². The molecule has 13 aromatic carbocycles. The largest absolute Gasteiger partial charge is 0.311 e. The van der Waals surface area contributed by atoms with Gasteiger partial charge in [-0.25, -0.2) is 0 Å². The first kappa shape index (κ1) is 50.0. The number of nitrogens with zero attached hydrogens (tertiary/aromatic N) is 8. The van der Waals surface area contributed by atoms with Gasteiger partial charge in [0.05, 0.1) is 67.7 Å². The number of fused-ring (bicyclic) bond motifs is 14. The smallest absolute Gasteiger partial charge is 0.252 e. The van der Waals surface area contributed by atoms with Gasteiger partial charge in [-0.2, -0.15) is 10.5 Å². The van der Waals surface area contributed by atoms with Gasteiger partial charge >= 0.3 is 0 Å². The van der Waals surface area contributed by atoms with E-state index in [1.165, 1.54) is 32.8 Å². The summed E-state index contributed by atoms with van der Waals surface area (Å²) in [6.07, 6.45) is 0. The molecule has 10 heteroatoms. The molecule has 19 rings (SSSR count). The lowest BCUT2D eigenvalue weighted by Gasteiger charge is -2.48. The van der Waals surface area contributed by atoms with Crippen LogP contribution in [0.25, 0.3) is 55.0 Å². The zero-order valence-electron chi connectivity index (χ0n) is 48.4. The van der Waals surface area contributed by atoms with Gasteiger partial charge in [-0.3, -0.25) is 0 Å². The van der Waals surface area contributed by atoms with Crippen LogP contribution >= 0.6 is 0 Å². The van der Waals surface area contributed by atoms with Gasteiger partial charge in [-0.1, -0.05) is 175 Å². The van der Waals surface area contributed by atoms with E-state index in [4.69, 9.17) is 0 Å². The van der Waals surface area contributed by atoms with Crippen molar-refractivity contribution in [3.05, 3.63) is 302 Å². The molecule has 0 atom stereocenters. The highest BCUT2D eigenvalue weighted by molar-refractivity contribution is 7.02. The molecular formula is C80H48B2N8. The summed E-state index contributed by atoms with van der Waals surface area (Å²) in [4.78, 5) is 10.0. The van der Waals surface area contributed by atoms with E-state index in [2.05, 4.69) is 308 Å². The molecular weight excluding hydrogens is 1090 g/mol. The number of hydrogen-bond donors (Lipinski definition) is 0. The number of rotatable bonds is 6. The van der Waals surface area contributed by atoms with Crippen LogP contribution in [-0.2, 0) is 0 Å². The maximum Gasteiger partial charge on any atom is 0.252 e. The zero-order valence-corrected chi connectivity index (χ0v) is 48.4. The molecule has 4 aliphatic rings. The maximum absolute atomic E-state index is 11.0. The van der Waals surface area contributed by atoms with Gasteiger partial charge < -0.3 is 28.7 Å². The highest BCUT2D eigenvalue weighted by Gasteiger charge is 2.48. The predicted molar refractivity (Wildman–Crippen MR) is 373 cm³/mol. The van der Waals surface area contributed by atoms with Crippen molar-refractivity contribution in [3.63, 3.8) is 0 Å². The summed E-state index contributed by atoms with van der Waals surface area (Å²) in [6.45, 7) is -0.457. The van der Waals surface area contributed by atoms with Crippen molar-refractivity contribution in [2.75, 3.05) is 19.6 Å². The molecule has 0 bridgehead atoms. The Bertz CT molecular complexity index is 5630. The van der Waals surface area contributed by atoms with E-state index >= 15 is 0 Å². The Labute approximate surface area is 520 Å². The molecule has 0 N–H and O–H groups in total. The fourth-order valence-electron chi connectivity index (χ4n) is 15.7. The molecule has 0 amide bonds. The van der Waals surface area contributed by atoms with E-state index in [1.807, 2.05) is 24.3 Å². The van der Waals surface area contributed by atoms with Crippen molar-refractivity contribution < 1.29 is 0 Å². The second-order valence-electron chi connectivity index (χ2n) is 23.8. The minimum absolute atomic E-state index is 0.217. The van der Waals surface area contributed by atoms with Crippen LogP contribution in [0.5, 0.6) is 0 Å². The van der Waals surface area contributed by atoms with Crippen LogP contribution in [0.3, 0.4) is 0 Å². The third-order valence-corrected chi connectivity index (χ3v) is 19.2. The first-order valence-electron chi connectivity index (χ1n) is 30.6. The minimum atomic E-state index is -0.240. The van der Waals surface area contributed by atoms with Crippen molar-refractivity contribution in [2.24, 2.45) is 0 Å². The summed E-state index contributed by atoms with van der Waals surface area (Å²) >= 11 is 0. The van der Waals surface area contributed by atoms with Crippen molar-refractivity contribution in [2.45, 2.75) is 0 Å². The van der Waals surface area contributed by atoms with Crippen LogP contribution in [0.2, 0.25) is 0 Å². The molecule has 4 aliphatic heterocycles. The standard InChI is InChI=1S/C80H48B2N8/c83-49-51-40-41-69-62(42-51)60-32-14-16-35-67(60)88(69)57-43-66-80-77(46-57)86(55-27-9-3-10-28-55)71-38-19-20-39-72(71)90(80)74-48-73-65(47-64(74)81(66)53-23-5-1-6-24-53)82-63-34-15-18-37-70(63)85(54-25-7-2-8-26-54)75-44-58(45-76(78(75)82)87(73)56-29-11-4-12-30-56)89-68-36-17-13-31-59(68)61-33-21-22-52(50-84)79(61)89/h1-48H. The molecule has 0 aliphatic carbocycles. The lowest BCUT2D eigenvalue weighted by atomic mass is 9.31. The van der Waals surface area contributed by atoms with Gasteiger partial charge in [0.1, 0.15) is 6.07 Å². The zero-order chi connectivity index (χ0) is 59.3. The van der Waals surface area contributed by atoms with Crippen molar-refractivity contribution in [1.82, 2.24) is 9.13 Å². The van der Waals surface area contributed by atoms with Crippen molar-refractivity contribution in [3.8, 4) is 23.5 Å². The number of benzene rings is 13. The highest BCUT2D eigenvalue weighted by atomic mass is 15.3. The summed E-state index contributed by atoms with van der Waals surface area (Å²) < 4.78 is 4.73. The van der Waals surface area contributed by atoms with Gasteiger partial charge in [-0.15, -0.1) is 0 Å². The second kappa shape index (κ2) is 19.1. The van der Waals surface area contributed by atoms with E-state index in [1.54, 1.807) is 0 Å². The molecule has 0 fully saturated rings. The van der Waals surface area contributed by atoms with Crippen LogP contribution < -0.4 is 52.4 Å². The topological polar surface area (TPSA) is 70.4 Å². The number of para-hydroxylation sites is 9.